The molecule has 2 aromatic rings. The molecule has 2 saturated heterocycles. The highest BCUT2D eigenvalue weighted by Gasteiger charge is 2.31. The molecule has 0 aliphatic carbocycles. The van der Waals surface area contributed by atoms with Crippen molar-refractivity contribution >= 4 is 27.4 Å². The van der Waals surface area contributed by atoms with Gasteiger partial charge in [-0.3, -0.25) is 13.9 Å². The molecule has 0 radical (unpaired) electrons. The molecule has 0 unspecified atom stereocenters. The molecule has 0 spiro atoms. The van der Waals surface area contributed by atoms with Gasteiger partial charge in [-0.25, -0.2) is 8.42 Å². The molecule has 6 nitrogen and oxygen atoms in total. The van der Waals surface area contributed by atoms with Gasteiger partial charge in [-0.05, 0) is 56.9 Å². The number of carbonyl (C=O) groups excluding carboxylic acids is 2. The first-order valence-electron chi connectivity index (χ1n) is 10.8. The van der Waals surface area contributed by atoms with Crippen molar-refractivity contribution in [1.82, 2.24) is 4.90 Å². The molecule has 31 heavy (non-hydrogen) atoms. The smallest absolute Gasteiger partial charge is 0.253 e. The Morgan fingerprint density at radius 3 is 2.13 bits per heavy atom. The minimum atomic E-state index is -3.25. The summed E-state index contributed by atoms with van der Waals surface area (Å²) >= 11 is 0. The van der Waals surface area contributed by atoms with Gasteiger partial charge in [-0.2, -0.15) is 0 Å². The van der Waals surface area contributed by atoms with E-state index in [9.17, 15) is 18.0 Å². The molecule has 2 heterocycles. The van der Waals surface area contributed by atoms with Crippen molar-refractivity contribution in [3.8, 4) is 0 Å². The number of piperidine rings is 1. The van der Waals surface area contributed by atoms with Crippen LogP contribution in [0.5, 0.6) is 0 Å². The van der Waals surface area contributed by atoms with E-state index in [1.54, 1.807) is 23.1 Å². The van der Waals surface area contributed by atoms with Gasteiger partial charge in [-0.1, -0.05) is 29.8 Å². The number of aryl methyl sites for hydroxylation is 2. The zero-order chi connectivity index (χ0) is 22.2. The number of sulfonamides is 1. The number of rotatable bonds is 4. The van der Waals surface area contributed by atoms with Crippen LogP contribution in [0.25, 0.3) is 0 Å². The number of likely N-dealkylation sites (tertiary alicyclic amines) is 1. The number of benzene rings is 2. The summed E-state index contributed by atoms with van der Waals surface area (Å²) in [6.45, 7) is 5.41. The van der Waals surface area contributed by atoms with Gasteiger partial charge >= 0.3 is 0 Å². The number of anilines is 1. The second-order valence-corrected chi connectivity index (χ2v) is 10.6. The van der Waals surface area contributed by atoms with Crippen molar-refractivity contribution in [2.24, 2.45) is 5.92 Å². The minimum Gasteiger partial charge on any atom is -0.339 e. The van der Waals surface area contributed by atoms with Gasteiger partial charge in [0.25, 0.3) is 5.91 Å². The van der Waals surface area contributed by atoms with E-state index in [1.165, 1.54) is 4.31 Å². The third-order valence-electron chi connectivity index (χ3n) is 6.30. The van der Waals surface area contributed by atoms with Crippen LogP contribution in [0.1, 0.15) is 51.1 Å². The molecule has 2 aliphatic heterocycles. The summed E-state index contributed by atoms with van der Waals surface area (Å²) in [5, 5.41) is 0. The minimum absolute atomic E-state index is 0.0590. The Labute approximate surface area is 183 Å². The lowest BCUT2D eigenvalue weighted by molar-refractivity contribution is 0.0650. The maximum absolute atomic E-state index is 13.0. The van der Waals surface area contributed by atoms with Crippen molar-refractivity contribution in [2.45, 2.75) is 33.1 Å². The largest absolute Gasteiger partial charge is 0.339 e. The molecular weight excluding hydrogens is 412 g/mol. The molecule has 0 atom stereocenters. The van der Waals surface area contributed by atoms with Crippen molar-refractivity contribution in [3.63, 3.8) is 0 Å². The van der Waals surface area contributed by atoms with Crippen molar-refractivity contribution < 1.29 is 18.0 Å². The van der Waals surface area contributed by atoms with Crippen LogP contribution in [0.2, 0.25) is 0 Å². The molecule has 0 N–H and O–H groups in total. The molecule has 0 aromatic heterocycles. The van der Waals surface area contributed by atoms with Crippen molar-refractivity contribution in [3.05, 3.63) is 64.7 Å². The lowest BCUT2D eigenvalue weighted by atomic mass is 9.88. The number of hydrogen-bond acceptors (Lipinski definition) is 4. The van der Waals surface area contributed by atoms with E-state index in [4.69, 9.17) is 0 Å². The Kier molecular flexibility index (Phi) is 5.88. The Balaban J connectivity index is 1.41. The summed E-state index contributed by atoms with van der Waals surface area (Å²) in [7, 11) is -3.25. The van der Waals surface area contributed by atoms with Crippen LogP contribution in [0.3, 0.4) is 0 Å². The normalized spacial score (nSPS) is 18.9. The number of hydrogen-bond donors (Lipinski definition) is 0. The third-order valence-corrected chi connectivity index (χ3v) is 8.16. The summed E-state index contributed by atoms with van der Waals surface area (Å²) in [6.07, 6.45) is 1.93. The van der Waals surface area contributed by atoms with E-state index < -0.39 is 10.0 Å². The lowest BCUT2D eigenvalue weighted by Gasteiger charge is -2.31. The van der Waals surface area contributed by atoms with E-state index in [2.05, 4.69) is 0 Å². The first-order valence-corrected chi connectivity index (χ1v) is 12.4. The molecular formula is C24H28N2O4S. The number of amides is 1. The Hall–Kier alpha value is -2.67. The predicted octanol–water partition coefficient (Wildman–Crippen LogP) is 3.58. The van der Waals surface area contributed by atoms with Crippen LogP contribution in [0, 0.1) is 19.8 Å². The monoisotopic (exact) mass is 440 g/mol. The summed E-state index contributed by atoms with van der Waals surface area (Å²) in [5.41, 5.74) is 3.84. The van der Waals surface area contributed by atoms with Crippen LogP contribution in [0.15, 0.2) is 42.5 Å². The molecule has 4 rings (SSSR count). The third kappa shape index (κ3) is 4.37. The topological polar surface area (TPSA) is 74.8 Å². The molecule has 0 bridgehead atoms. The second-order valence-electron chi connectivity index (χ2n) is 8.54. The van der Waals surface area contributed by atoms with Gasteiger partial charge in [0.1, 0.15) is 0 Å². The summed E-state index contributed by atoms with van der Waals surface area (Å²) in [6, 6.07) is 12.9. The summed E-state index contributed by atoms with van der Waals surface area (Å²) in [4.78, 5) is 27.6. The van der Waals surface area contributed by atoms with Gasteiger partial charge in [0.2, 0.25) is 10.0 Å². The number of Topliss-reactive ketones (excluding diaryl/α,β-unsaturated/α-hetero) is 1. The van der Waals surface area contributed by atoms with Crippen molar-refractivity contribution in [1.29, 1.82) is 0 Å². The van der Waals surface area contributed by atoms with Crippen LogP contribution < -0.4 is 4.31 Å². The zero-order valence-electron chi connectivity index (χ0n) is 18.0. The molecule has 1 amide bonds. The Morgan fingerprint density at radius 2 is 1.55 bits per heavy atom. The standard InChI is InChI=1S/C24H28N2O4S/c1-17-4-6-19(7-5-17)23(27)20-10-13-25(14-11-20)24(28)21-8-9-22(18(2)16-21)26-12-3-15-31(26,29)30/h4-9,16,20H,3,10-15H2,1-2H3. The van der Waals surface area contributed by atoms with E-state index >= 15 is 0 Å². The van der Waals surface area contributed by atoms with Gasteiger partial charge in [-0.15, -0.1) is 0 Å². The van der Waals surface area contributed by atoms with Gasteiger partial charge in [0.05, 0.1) is 11.4 Å². The summed E-state index contributed by atoms with van der Waals surface area (Å²) in [5.74, 6) is 0.194. The number of carbonyl (C=O) groups is 2. The first-order chi connectivity index (χ1) is 14.8. The zero-order valence-corrected chi connectivity index (χ0v) is 18.8. The van der Waals surface area contributed by atoms with E-state index in [1.807, 2.05) is 38.1 Å². The Morgan fingerprint density at radius 1 is 0.903 bits per heavy atom. The first kappa shape index (κ1) is 21.6. The summed E-state index contributed by atoms with van der Waals surface area (Å²) < 4.78 is 25.9. The Bertz CT molecular complexity index is 1100. The lowest BCUT2D eigenvalue weighted by Crippen LogP contribution is -2.40. The number of nitrogens with zero attached hydrogens (tertiary/aromatic N) is 2. The fourth-order valence-electron chi connectivity index (χ4n) is 4.46. The molecule has 2 aromatic carbocycles. The highest BCUT2D eigenvalue weighted by atomic mass is 32.2. The highest BCUT2D eigenvalue weighted by molar-refractivity contribution is 7.93. The quantitative estimate of drug-likeness (QED) is 0.681. The average molecular weight is 441 g/mol. The highest BCUT2D eigenvalue weighted by Crippen LogP contribution is 2.29. The van der Waals surface area contributed by atoms with E-state index in [0.717, 1.165) is 16.7 Å². The molecule has 2 aliphatic rings. The second kappa shape index (κ2) is 8.46. The maximum atomic E-state index is 13.0. The van der Waals surface area contributed by atoms with Gasteiger partial charge < -0.3 is 4.90 Å². The molecule has 0 saturated carbocycles. The van der Waals surface area contributed by atoms with Crippen LogP contribution in [-0.4, -0.2) is 50.4 Å². The van der Waals surface area contributed by atoms with E-state index in [-0.39, 0.29) is 23.4 Å². The van der Waals surface area contributed by atoms with Gasteiger partial charge in [0.15, 0.2) is 5.78 Å². The average Bonchev–Trinajstić information content (AvgIpc) is 3.12. The predicted molar refractivity (Wildman–Crippen MR) is 121 cm³/mol. The SMILES string of the molecule is Cc1ccc(C(=O)C2CCN(C(=O)c3ccc(N4CCCS4(=O)=O)c(C)c3)CC2)cc1. The fraction of sp³-hybridized carbons (Fsp3) is 0.417. The fourth-order valence-corrected chi connectivity index (χ4v) is 6.09. The molecule has 7 heteroatoms. The maximum Gasteiger partial charge on any atom is 0.253 e. The van der Waals surface area contributed by atoms with Crippen LogP contribution >= 0.6 is 0 Å². The molecule has 164 valence electrons. The van der Waals surface area contributed by atoms with Crippen LogP contribution in [0.4, 0.5) is 5.69 Å². The molecule has 2 fully saturated rings. The van der Waals surface area contributed by atoms with Crippen molar-refractivity contribution in [2.75, 3.05) is 29.7 Å². The van der Waals surface area contributed by atoms with Crippen LogP contribution in [-0.2, 0) is 10.0 Å². The van der Waals surface area contributed by atoms with E-state index in [0.29, 0.717) is 50.1 Å². The number of ketones is 1. The van der Waals surface area contributed by atoms with Gasteiger partial charge in [0, 0.05) is 36.7 Å².